The van der Waals surface area contributed by atoms with E-state index in [4.69, 9.17) is 11.6 Å². The number of hydrogen-bond acceptors (Lipinski definition) is 2. The summed E-state index contributed by atoms with van der Waals surface area (Å²) in [5.74, 6) is -0.0810. The monoisotopic (exact) mass is 281 g/mol. The molecule has 3 rings (SSSR count). The maximum absolute atomic E-state index is 12.5. The summed E-state index contributed by atoms with van der Waals surface area (Å²) in [5, 5.41) is 1.50. The molecule has 20 heavy (non-hydrogen) atoms. The molecule has 3 aromatic rings. The Labute approximate surface area is 122 Å². The average molecular weight is 282 g/mol. The van der Waals surface area contributed by atoms with Crippen molar-refractivity contribution in [2.24, 2.45) is 0 Å². The van der Waals surface area contributed by atoms with Crippen LogP contribution in [0, 0.1) is 6.92 Å². The van der Waals surface area contributed by atoms with Crippen LogP contribution in [0.5, 0.6) is 0 Å². The lowest BCUT2D eigenvalue weighted by atomic mass is 10.0. The lowest BCUT2D eigenvalue weighted by molar-refractivity contribution is 0.103. The van der Waals surface area contributed by atoms with Crippen molar-refractivity contribution < 1.29 is 4.79 Å². The predicted octanol–water partition coefficient (Wildman–Crippen LogP) is 4.43. The van der Waals surface area contributed by atoms with Crippen LogP contribution in [-0.4, -0.2) is 10.8 Å². The molecule has 98 valence electrons. The van der Waals surface area contributed by atoms with E-state index in [2.05, 4.69) is 4.98 Å². The number of carbonyl (C=O) groups is 1. The number of aryl methyl sites for hydroxylation is 1. The Kier molecular flexibility index (Phi) is 3.25. The molecule has 0 unspecified atom stereocenters. The van der Waals surface area contributed by atoms with Gasteiger partial charge in [-0.15, -0.1) is 0 Å². The molecular weight excluding hydrogens is 270 g/mol. The molecular formula is C17H12ClNO. The van der Waals surface area contributed by atoms with Crippen LogP contribution in [0.3, 0.4) is 0 Å². The van der Waals surface area contributed by atoms with Crippen LogP contribution in [0.1, 0.15) is 21.5 Å². The molecule has 2 nitrogen and oxygen atoms in total. The Bertz CT molecular complexity index is 811. The minimum atomic E-state index is -0.0810. The van der Waals surface area contributed by atoms with Gasteiger partial charge in [0.1, 0.15) is 0 Å². The zero-order valence-corrected chi connectivity index (χ0v) is 11.7. The zero-order chi connectivity index (χ0) is 14.1. The summed E-state index contributed by atoms with van der Waals surface area (Å²) in [6.45, 7) is 1.94. The Morgan fingerprint density at radius 3 is 2.75 bits per heavy atom. The molecule has 0 radical (unpaired) electrons. The molecule has 2 aromatic carbocycles. The number of benzene rings is 2. The van der Waals surface area contributed by atoms with Gasteiger partial charge >= 0.3 is 0 Å². The summed E-state index contributed by atoms with van der Waals surface area (Å²) in [7, 11) is 0. The molecule has 0 aliphatic heterocycles. The number of hydrogen-bond donors (Lipinski definition) is 0. The number of halogens is 1. The average Bonchev–Trinajstić information content (AvgIpc) is 2.46. The van der Waals surface area contributed by atoms with E-state index >= 15 is 0 Å². The highest BCUT2D eigenvalue weighted by molar-refractivity contribution is 6.35. The van der Waals surface area contributed by atoms with Gasteiger partial charge in [-0.05, 0) is 36.8 Å². The van der Waals surface area contributed by atoms with Gasteiger partial charge in [0.25, 0.3) is 0 Å². The number of pyridine rings is 1. The van der Waals surface area contributed by atoms with Gasteiger partial charge in [0.15, 0.2) is 5.78 Å². The Morgan fingerprint density at radius 2 is 1.95 bits per heavy atom. The second-order valence-corrected chi connectivity index (χ2v) is 5.13. The first-order valence-corrected chi connectivity index (χ1v) is 6.68. The normalized spacial score (nSPS) is 10.7. The number of carbonyl (C=O) groups excluding carboxylic acids is 1. The lowest BCUT2D eigenvalue weighted by Crippen LogP contribution is -2.02. The molecule has 0 N–H and O–H groups in total. The maximum atomic E-state index is 12.5. The second kappa shape index (κ2) is 5.06. The molecule has 0 aliphatic rings. The molecule has 0 bridgehead atoms. The minimum absolute atomic E-state index is 0.0810. The summed E-state index contributed by atoms with van der Waals surface area (Å²) in [6.07, 6.45) is 1.72. The number of aromatic nitrogens is 1. The summed E-state index contributed by atoms with van der Waals surface area (Å²) in [4.78, 5) is 16.8. The van der Waals surface area contributed by atoms with Gasteiger partial charge in [-0.2, -0.15) is 0 Å². The third kappa shape index (κ3) is 2.30. The van der Waals surface area contributed by atoms with Crippen molar-refractivity contribution in [1.29, 1.82) is 0 Å². The van der Waals surface area contributed by atoms with Crippen LogP contribution >= 0.6 is 11.6 Å². The van der Waals surface area contributed by atoms with Crippen molar-refractivity contribution in [1.82, 2.24) is 4.98 Å². The Balaban J connectivity index is 2.08. The molecule has 0 amide bonds. The van der Waals surface area contributed by atoms with Crippen molar-refractivity contribution in [2.45, 2.75) is 6.92 Å². The van der Waals surface area contributed by atoms with Gasteiger partial charge in [-0.3, -0.25) is 9.78 Å². The van der Waals surface area contributed by atoms with Crippen LogP contribution < -0.4 is 0 Å². The summed E-state index contributed by atoms with van der Waals surface area (Å²) >= 11 is 6.16. The van der Waals surface area contributed by atoms with Crippen LogP contribution in [-0.2, 0) is 0 Å². The van der Waals surface area contributed by atoms with Gasteiger partial charge in [0, 0.05) is 22.7 Å². The van der Waals surface area contributed by atoms with E-state index < -0.39 is 0 Å². The molecule has 0 saturated carbocycles. The standard InChI is InChI=1S/C17H12ClNO/c1-11-4-7-14(15(18)9-11)17(20)13-6-5-12-3-2-8-19-16(12)10-13/h2-10H,1H3. The number of ketones is 1. The van der Waals surface area contributed by atoms with Gasteiger partial charge in [0.2, 0.25) is 0 Å². The first-order chi connectivity index (χ1) is 9.65. The fourth-order valence-corrected chi connectivity index (χ4v) is 2.49. The van der Waals surface area contributed by atoms with Gasteiger partial charge in [-0.1, -0.05) is 35.9 Å². The third-order valence-electron chi connectivity index (χ3n) is 3.24. The first-order valence-electron chi connectivity index (χ1n) is 6.31. The van der Waals surface area contributed by atoms with Gasteiger partial charge in [0.05, 0.1) is 10.5 Å². The molecule has 3 heteroatoms. The van der Waals surface area contributed by atoms with Crippen molar-refractivity contribution in [3.8, 4) is 0 Å². The molecule has 1 aromatic heterocycles. The van der Waals surface area contributed by atoms with Crippen LogP contribution in [0.15, 0.2) is 54.7 Å². The zero-order valence-electron chi connectivity index (χ0n) is 10.9. The number of rotatable bonds is 2. The van der Waals surface area contributed by atoms with E-state index in [9.17, 15) is 4.79 Å². The van der Waals surface area contributed by atoms with Crippen LogP contribution in [0.25, 0.3) is 10.9 Å². The van der Waals surface area contributed by atoms with E-state index in [1.54, 1.807) is 24.4 Å². The summed E-state index contributed by atoms with van der Waals surface area (Å²) < 4.78 is 0. The topological polar surface area (TPSA) is 30.0 Å². The third-order valence-corrected chi connectivity index (χ3v) is 3.55. The van der Waals surface area contributed by atoms with Crippen molar-refractivity contribution in [3.63, 3.8) is 0 Å². The minimum Gasteiger partial charge on any atom is -0.289 e. The second-order valence-electron chi connectivity index (χ2n) is 4.72. The molecule has 0 spiro atoms. The largest absolute Gasteiger partial charge is 0.289 e. The molecule has 0 saturated heterocycles. The van der Waals surface area contributed by atoms with E-state index in [1.807, 2.05) is 37.3 Å². The highest BCUT2D eigenvalue weighted by atomic mass is 35.5. The highest BCUT2D eigenvalue weighted by Gasteiger charge is 2.13. The van der Waals surface area contributed by atoms with Crippen LogP contribution in [0.2, 0.25) is 5.02 Å². The quantitative estimate of drug-likeness (QED) is 0.651. The van der Waals surface area contributed by atoms with Gasteiger partial charge in [-0.25, -0.2) is 0 Å². The Hall–Kier alpha value is -2.19. The molecule has 0 aliphatic carbocycles. The van der Waals surface area contributed by atoms with Crippen molar-refractivity contribution in [2.75, 3.05) is 0 Å². The van der Waals surface area contributed by atoms with Crippen molar-refractivity contribution in [3.05, 3.63) is 76.4 Å². The maximum Gasteiger partial charge on any atom is 0.194 e. The molecule has 0 atom stereocenters. The van der Waals surface area contributed by atoms with Gasteiger partial charge < -0.3 is 0 Å². The van der Waals surface area contributed by atoms with E-state index in [0.717, 1.165) is 16.5 Å². The lowest BCUT2D eigenvalue weighted by Gasteiger charge is -2.05. The molecule has 1 heterocycles. The fourth-order valence-electron chi connectivity index (χ4n) is 2.17. The van der Waals surface area contributed by atoms with E-state index in [0.29, 0.717) is 16.1 Å². The number of fused-ring (bicyclic) bond motifs is 1. The molecule has 0 fully saturated rings. The summed E-state index contributed by atoms with van der Waals surface area (Å²) in [5.41, 5.74) is 2.96. The first kappa shape index (κ1) is 12.8. The van der Waals surface area contributed by atoms with Crippen LogP contribution in [0.4, 0.5) is 0 Å². The van der Waals surface area contributed by atoms with Crippen molar-refractivity contribution >= 4 is 28.3 Å². The highest BCUT2D eigenvalue weighted by Crippen LogP contribution is 2.22. The summed E-state index contributed by atoms with van der Waals surface area (Å²) in [6, 6.07) is 14.8. The predicted molar refractivity (Wildman–Crippen MR) is 81.4 cm³/mol. The van der Waals surface area contributed by atoms with E-state index in [-0.39, 0.29) is 5.78 Å². The fraction of sp³-hybridized carbons (Fsp3) is 0.0588. The van der Waals surface area contributed by atoms with E-state index in [1.165, 1.54) is 0 Å². The Morgan fingerprint density at radius 1 is 1.10 bits per heavy atom. The smallest absolute Gasteiger partial charge is 0.194 e. The number of nitrogens with zero attached hydrogens (tertiary/aromatic N) is 1. The SMILES string of the molecule is Cc1ccc(C(=O)c2ccc3cccnc3c2)c(Cl)c1.